The number of hydrogen-bond donors (Lipinski definition) is 1. The molecule has 2 aromatic heterocycles. The van der Waals surface area contributed by atoms with E-state index in [1.165, 1.54) is 11.5 Å². The fourth-order valence-corrected chi connectivity index (χ4v) is 2.95. The van der Waals surface area contributed by atoms with E-state index < -0.39 is 0 Å². The molecule has 0 spiro atoms. The van der Waals surface area contributed by atoms with Gasteiger partial charge in [-0.2, -0.15) is 4.37 Å². The van der Waals surface area contributed by atoms with E-state index in [0.29, 0.717) is 5.82 Å². The minimum atomic E-state index is 0.674. The highest BCUT2D eigenvalue weighted by atomic mass is 32.1. The van der Waals surface area contributed by atoms with Crippen LogP contribution in [0.15, 0.2) is 54.9 Å². The van der Waals surface area contributed by atoms with Gasteiger partial charge in [0.05, 0.1) is 5.52 Å². The average Bonchev–Trinajstić information content (AvgIpc) is 3.14. The minimum absolute atomic E-state index is 0.674. The van der Waals surface area contributed by atoms with Gasteiger partial charge in [-0.1, -0.05) is 12.1 Å². The van der Waals surface area contributed by atoms with Crippen LogP contribution >= 0.6 is 11.5 Å². The maximum atomic E-state index is 5.70. The summed E-state index contributed by atoms with van der Waals surface area (Å²) in [5.41, 5.74) is 8.34. The van der Waals surface area contributed by atoms with Crippen LogP contribution in [0.5, 0.6) is 0 Å². The van der Waals surface area contributed by atoms with Crippen molar-refractivity contribution in [3.63, 3.8) is 0 Å². The molecule has 5 nitrogen and oxygen atoms in total. The number of nitrogens with zero attached hydrogens (tertiary/aromatic N) is 4. The summed E-state index contributed by atoms with van der Waals surface area (Å²) in [5, 5.41) is 6.59. The predicted molar refractivity (Wildman–Crippen MR) is 84.4 cm³/mol. The van der Waals surface area contributed by atoms with Crippen molar-refractivity contribution >= 4 is 28.1 Å². The molecular weight excluding hydrogens is 282 g/mol. The van der Waals surface area contributed by atoms with E-state index in [1.807, 2.05) is 48.5 Å². The standard InChI is InChI=1S/C15H11N5S/c16-11-7-5-10(6-8-11)14-17-9-20(18-14)15-12-3-1-2-4-13(12)19-21-15/h1-9H,16H2. The number of anilines is 1. The normalized spacial score (nSPS) is 11.0. The molecule has 2 heterocycles. The third-order valence-electron chi connectivity index (χ3n) is 3.23. The zero-order chi connectivity index (χ0) is 14.2. The van der Waals surface area contributed by atoms with E-state index in [9.17, 15) is 0 Å². The van der Waals surface area contributed by atoms with Crippen LogP contribution in [0.1, 0.15) is 0 Å². The molecule has 102 valence electrons. The number of nitrogen functional groups attached to an aromatic ring is 1. The summed E-state index contributed by atoms with van der Waals surface area (Å²) in [6.45, 7) is 0. The largest absolute Gasteiger partial charge is 0.399 e. The van der Waals surface area contributed by atoms with Crippen molar-refractivity contribution in [3.8, 4) is 16.4 Å². The van der Waals surface area contributed by atoms with Crippen molar-refractivity contribution < 1.29 is 0 Å². The van der Waals surface area contributed by atoms with Crippen LogP contribution in [0.3, 0.4) is 0 Å². The molecule has 0 atom stereocenters. The lowest BCUT2D eigenvalue weighted by Gasteiger charge is -1.97. The van der Waals surface area contributed by atoms with Gasteiger partial charge in [-0.3, -0.25) is 0 Å². The molecule has 0 aliphatic heterocycles. The summed E-state index contributed by atoms with van der Waals surface area (Å²) in [6, 6.07) is 15.5. The zero-order valence-corrected chi connectivity index (χ0v) is 11.8. The molecule has 0 unspecified atom stereocenters. The Balaban J connectivity index is 1.79. The number of aromatic nitrogens is 4. The van der Waals surface area contributed by atoms with Crippen molar-refractivity contribution in [1.29, 1.82) is 0 Å². The summed E-state index contributed by atoms with van der Waals surface area (Å²) < 4.78 is 6.19. The number of fused-ring (bicyclic) bond motifs is 1. The minimum Gasteiger partial charge on any atom is -0.399 e. The Morgan fingerprint density at radius 1 is 1.00 bits per heavy atom. The first-order chi connectivity index (χ1) is 10.3. The van der Waals surface area contributed by atoms with Gasteiger partial charge in [0.15, 0.2) is 5.82 Å². The average molecular weight is 293 g/mol. The summed E-state index contributed by atoms with van der Waals surface area (Å²) in [6.07, 6.45) is 1.71. The van der Waals surface area contributed by atoms with E-state index >= 15 is 0 Å². The van der Waals surface area contributed by atoms with Crippen LogP contribution in [-0.2, 0) is 0 Å². The van der Waals surface area contributed by atoms with Gasteiger partial charge < -0.3 is 5.73 Å². The molecule has 2 N–H and O–H groups in total. The topological polar surface area (TPSA) is 69.6 Å². The molecule has 0 saturated heterocycles. The Hall–Kier alpha value is -2.73. The summed E-state index contributed by atoms with van der Waals surface area (Å²) in [4.78, 5) is 4.37. The SMILES string of the molecule is Nc1ccc(-c2ncn(-c3snc4ccccc34)n2)cc1. The second-order valence-electron chi connectivity index (χ2n) is 4.64. The van der Waals surface area contributed by atoms with Crippen LogP contribution in [0.2, 0.25) is 0 Å². The highest BCUT2D eigenvalue weighted by molar-refractivity contribution is 7.10. The van der Waals surface area contributed by atoms with Crippen molar-refractivity contribution in [2.75, 3.05) is 5.73 Å². The molecule has 0 radical (unpaired) electrons. The molecule has 0 bridgehead atoms. The first kappa shape index (κ1) is 12.0. The lowest BCUT2D eigenvalue weighted by molar-refractivity contribution is 0.905. The molecule has 0 saturated carbocycles. The maximum absolute atomic E-state index is 5.70. The molecule has 6 heteroatoms. The fourth-order valence-electron chi connectivity index (χ4n) is 2.17. The first-order valence-electron chi connectivity index (χ1n) is 6.43. The van der Waals surface area contributed by atoms with Crippen LogP contribution in [0.4, 0.5) is 5.69 Å². The zero-order valence-electron chi connectivity index (χ0n) is 11.0. The van der Waals surface area contributed by atoms with Gasteiger partial charge in [-0.05, 0) is 47.9 Å². The van der Waals surface area contributed by atoms with E-state index in [2.05, 4.69) is 14.5 Å². The Kier molecular flexibility index (Phi) is 2.68. The lowest BCUT2D eigenvalue weighted by atomic mass is 10.2. The van der Waals surface area contributed by atoms with Crippen molar-refractivity contribution in [1.82, 2.24) is 19.1 Å². The van der Waals surface area contributed by atoms with Crippen LogP contribution in [0.25, 0.3) is 27.3 Å². The monoisotopic (exact) mass is 293 g/mol. The van der Waals surface area contributed by atoms with Crippen molar-refractivity contribution in [3.05, 3.63) is 54.9 Å². The smallest absolute Gasteiger partial charge is 0.181 e. The van der Waals surface area contributed by atoms with E-state index in [-0.39, 0.29) is 0 Å². The second kappa shape index (κ2) is 4.68. The van der Waals surface area contributed by atoms with Crippen LogP contribution in [-0.4, -0.2) is 19.1 Å². The molecule has 0 aliphatic rings. The fraction of sp³-hybridized carbons (Fsp3) is 0. The molecule has 0 amide bonds. The predicted octanol–water partition coefficient (Wildman–Crippen LogP) is 3.13. The van der Waals surface area contributed by atoms with Gasteiger partial charge in [0.2, 0.25) is 0 Å². The number of nitrogens with two attached hydrogens (primary N) is 1. The van der Waals surface area contributed by atoms with Gasteiger partial charge >= 0.3 is 0 Å². The number of benzene rings is 2. The summed E-state index contributed by atoms with van der Waals surface area (Å²) in [5.74, 6) is 0.674. The molecule has 0 aliphatic carbocycles. The van der Waals surface area contributed by atoms with Gasteiger partial charge in [-0.25, -0.2) is 9.67 Å². The highest BCUT2D eigenvalue weighted by Gasteiger charge is 2.10. The Labute approximate surface area is 124 Å². The van der Waals surface area contributed by atoms with E-state index in [0.717, 1.165) is 27.2 Å². The van der Waals surface area contributed by atoms with Crippen LogP contribution in [0, 0.1) is 0 Å². The maximum Gasteiger partial charge on any atom is 0.181 e. The van der Waals surface area contributed by atoms with Crippen molar-refractivity contribution in [2.45, 2.75) is 0 Å². The second-order valence-corrected chi connectivity index (χ2v) is 5.39. The summed E-state index contributed by atoms with van der Waals surface area (Å²) in [7, 11) is 0. The molecular formula is C15H11N5S. The third kappa shape index (κ3) is 2.05. The molecule has 4 aromatic rings. The first-order valence-corrected chi connectivity index (χ1v) is 7.21. The number of hydrogen-bond acceptors (Lipinski definition) is 5. The van der Waals surface area contributed by atoms with E-state index in [4.69, 9.17) is 5.73 Å². The van der Waals surface area contributed by atoms with Gasteiger partial charge in [-0.15, -0.1) is 5.10 Å². The lowest BCUT2D eigenvalue weighted by Crippen LogP contribution is -1.92. The Morgan fingerprint density at radius 3 is 2.67 bits per heavy atom. The van der Waals surface area contributed by atoms with Crippen molar-refractivity contribution in [2.24, 2.45) is 0 Å². The third-order valence-corrected chi connectivity index (χ3v) is 4.10. The van der Waals surface area contributed by atoms with E-state index in [1.54, 1.807) is 11.0 Å². The van der Waals surface area contributed by atoms with Gasteiger partial charge in [0, 0.05) is 16.6 Å². The Morgan fingerprint density at radius 2 is 1.81 bits per heavy atom. The highest BCUT2D eigenvalue weighted by Crippen LogP contribution is 2.26. The molecule has 21 heavy (non-hydrogen) atoms. The molecule has 2 aromatic carbocycles. The molecule has 0 fully saturated rings. The summed E-state index contributed by atoms with van der Waals surface area (Å²) >= 11 is 1.42. The van der Waals surface area contributed by atoms with Crippen LogP contribution < -0.4 is 5.73 Å². The molecule has 4 rings (SSSR count). The quantitative estimate of drug-likeness (QED) is 0.576. The number of rotatable bonds is 2. The van der Waals surface area contributed by atoms with Gasteiger partial charge in [0.1, 0.15) is 11.3 Å². The van der Waals surface area contributed by atoms with Gasteiger partial charge in [0.25, 0.3) is 0 Å². The Bertz CT molecular complexity index is 907.